The number of piperazine rings is 1. The highest BCUT2D eigenvalue weighted by atomic mass is 35.5. The fraction of sp³-hybridized carbons (Fsp3) is 0.609. The summed E-state index contributed by atoms with van der Waals surface area (Å²) < 4.78 is 58.2. The number of ether oxygens (including phenoxy) is 5. The van der Waals surface area contributed by atoms with Crippen LogP contribution in [0.25, 0.3) is 21.6 Å². The van der Waals surface area contributed by atoms with E-state index in [0.717, 1.165) is 18.8 Å². The molecule has 5 heterocycles. The number of hydrogen-bond acceptors (Lipinski definition) is 15. The number of halogens is 1. The van der Waals surface area contributed by atoms with Crippen molar-refractivity contribution in [2.24, 2.45) is 5.92 Å². The Bertz CT molecular complexity index is 2530. The Morgan fingerprint density at radius 2 is 1.85 bits per heavy atom. The first-order valence-electron chi connectivity index (χ1n) is 22.8. The van der Waals surface area contributed by atoms with Gasteiger partial charge in [-0.2, -0.15) is 0 Å². The summed E-state index contributed by atoms with van der Waals surface area (Å²) in [5.74, 6) is -1.84. The van der Waals surface area contributed by atoms with E-state index < -0.39 is 86.5 Å². The number of nitrogens with one attached hydrogen (secondary N) is 2. The van der Waals surface area contributed by atoms with Gasteiger partial charge >= 0.3 is 6.09 Å². The molecule has 4 amide bonds. The molecule has 18 nitrogen and oxygen atoms in total. The van der Waals surface area contributed by atoms with Gasteiger partial charge in [0.15, 0.2) is 0 Å². The number of rotatable bonds is 16. The second-order valence-electron chi connectivity index (χ2n) is 19.2. The van der Waals surface area contributed by atoms with Crippen LogP contribution < -0.4 is 19.5 Å². The smallest absolute Gasteiger partial charge is 0.411 e. The van der Waals surface area contributed by atoms with Gasteiger partial charge in [-0.3, -0.25) is 28.9 Å². The zero-order valence-corrected chi connectivity index (χ0v) is 41.3. The Labute approximate surface area is 400 Å². The SMILES string of the molecule is C=C[C@@H]1C[C@]1(NC(=O)[C@@H]1C[C@@H](Oc2cc(-c3nc(C(C)C)cs3)nc3c(Cl)c(OCCN4CCOCC4)ccc23)[C@H]2CN(C(=O)OC(C)(C)C)[C@H]([C@H](C)OC)C(=O)N21)C(=O)NS(=O)(=O)C1CC1. The van der Waals surface area contributed by atoms with Crippen LogP contribution in [0.2, 0.25) is 5.02 Å². The first kappa shape index (κ1) is 48.8. The van der Waals surface area contributed by atoms with Crippen molar-refractivity contribution >= 4 is 67.7 Å². The summed E-state index contributed by atoms with van der Waals surface area (Å²) in [6.07, 6.45) is -0.145. The standard InChI is InChI=1S/C46H60ClN7O11S2/c1-9-27-22-46(27,43(57)51-67(59,60)28-10-11-28)50-40(55)32-21-36(33-23-53(44(58)65-45(5,6)7)39(26(4)61-8)42(56)54(32)33)64-35-20-30(41-49-31(24-66-41)25(2)3)48-38-29(35)12-13-34(37(38)47)63-19-16-52-14-17-62-18-15-52/h9,12-13,20,24-28,32-33,36,39H,1,10-11,14-19,21-23H2,2-8H3,(H,50,55)(H,51,57)/t26-,27+,32-,33+,36+,39+,46+/m0/s1. The maximum absolute atomic E-state index is 15.0. The maximum Gasteiger partial charge on any atom is 0.411 e. The zero-order valence-electron chi connectivity index (χ0n) is 38.9. The molecule has 7 atom stereocenters. The molecule has 2 N–H and O–H groups in total. The van der Waals surface area contributed by atoms with Crippen LogP contribution in [-0.2, 0) is 38.6 Å². The van der Waals surface area contributed by atoms with Gasteiger partial charge in [-0.05, 0) is 65.0 Å². The summed E-state index contributed by atoms with van der Waals surface area (Å²) in [5.41, 5.74) is -0.802. The van der Waals surface area contributed by atoms with Crippen LogP contribution in [0.3, 0.4) is 0 Å². The predicted molar refractivity (Wildman–Crippen MR) is 251 cm³/mol. The maximum atomic E-state index is 15.0. The highest BCUT2D eigenvalue weighted by Crippen LogP contribution is 2.47. The summed E-state index contributed by atoms with van der Waals surface area (Å²) >= 11 is 8.58. The molecule has 5 fully saturated rings. The zero-order chi connectivity index (χ0) is 48.2. The van der Waals surface area contributed by atoms with E-state index in [9.17, 15) is 22.8 Å². The normalized spacial score (nSPS) is 26.0. The number of fused-ring (bicyclic) bond motifs is 2. The number of methoxy groups -OCH3 is 1. The van der Waals surface area contributed by atoms with Crippen LogP contribution in [0.15, 0.2) is 36.2 Å². The average molecular weight is 987 g/mol. The molecule has 0 spiro atoms. The lowest BCUT2D eigenvalue weighted by molar-refractivity contribution is -0.156. The molecule has 2 saturated carbocycles. The van der Waals surface area contributed by atoms with Crippen molar-refractivity contribution in [3.63, 3.8) is 0 Å². The molecule has 0 unspecified atom stereocenters. The summed E-state index contributed by atoms with van der Waals surface area (Å²) in [5, 5.41) is 5.53. The molecule has 2 aliphatic carbocycles. The molecule has 5 aliphatic rings. The van der Waals surface area contributed by atoms with Crippen LogP contribution in [0, 0.1) is 5.92 Å². The summed E-state index contributed by atoms with van der Waals surface area (Å²) in [4.78, 5) is 72.5. The molecule has 67 heavy (non-hydrogen) atoms. The minimum Gasteiger partial charge on any atom is -0.491 e. The van der Waals surface area contributed by atoms with Crippen molar-refractivity contribution in [2.45, 2.75) is 120 Å². The van der Waals surface area contributed by atoms with Gasteiger partial charge in [-0.15, -0.1) is 17.9 Å². The van der Waals surface area contributed by atoms with E-state index in [4.69, 9.17) is 45.3 Å². The van der Waals surface area contributed by atoms with Gasteiger partial charge in [0.2, 0.25) is 21.8 Å². The second kappa shape index (κ2) is 19.1. The number of benzene rings is 1. The van der Waals surface area contributed by atoms with Gasteiger partial charge in [0.25, 0.3) is 5.91 Å². The Kier molecular flexibility index (Phi) is 13.9. The Morgan fingerprint density at radius 3 is 2.48 bits per heavy atom. The van der Waals surface area contributed by atoms with Gasteiger partial charge in [0.05, 0.1) is 41.8 Å². The number of carbonyl (C=O) groups excluding carboxylic acids is 4. The third-order valence-corrected chi connectivity index (χ3v) is 16.1. The van der Waals surface area contributed by atoms with E-state index in [2.05, 4.69) is 21.5 Å². The molecular formula is C46H60ClN7O11S2. The number of carbonyl (C=O) groups is 4. The highest BCUT2D eigenvalue weighted by molar-refractivity contribution is 7.91. The second-order valence-corrected chi connectivity index (χ2v) is 22.4. The molecule has 8 rings (SSSR count). The number of aromatic nitrogens is 2. The number of pyridine rings is 1. The number of hydrogen-bond donors (Lipinski definition) is 2. The monoisotopic (exact) mass is 985 g/mol. The van der Waals surface area contributed by atoms with Crippen molar-refractivity contribution in [3.8, 4) is 22.2 Å². The number of amides is 4. The lowest BCUT2D eigenvalue weighted by atomic mass is 10.0. The Morgan fingerprint density at radius 1 is 1.12 bits per heavy atom. The summed E-state index contributed by atoms with van der Waals surface area (Å²) in [6, 6.07) is 1.93. The average Bonchev–Trinajstić information content (AvgIpc) is 4.17. The summed E-state index contributed by atoms with van der Waals surface area (Å²) in [6.45, 7) is 18.6. The van der Waals surface area contributed by atoms with E-state index in [-0.39, 0.29) is 30.3 Å². The minimum atomic E-state index is -3.96. The van der Waals surface area contributed by atoms with Crippen LogP contribution in [0.4, 0.5) is 4.79 Å². The largest absolute Gasteiger partial charge is 0.491 e. The van der Waals surface area contributed by atoms with Gasteiger partial charge in [0, 0.05) is 62.5 Å². The fourth-order valence-electron chi connectivity index (χ4n) is 8.96. The van der Waals surface area contributed by atoms with Crippen LogP contribution in [0.5, 0.6) is 11.5 Å². The quantitative estimate of drug-likeness (QED) is 0.184. The molecule has 1 aromatic carbocycles. The molecule has 0 bridgehead atoms. The van der Waals surface area contributed by atoms with E-state index in [1.54, 1.807) is 45.9 Å². The van der Waals surface area contributed by atoms with E-state index in [1.807, 2.05) is 19.2 Å². The van der Waals surface area contributed by atoms with Gasteiger partial charge in [-0.1, -0.05) is 31.5 Å². The lowest BCUT2D eigenvalue weighted by Gasteiger charge is -2.46. The number of morpholine rings is 1. The van der Waals surface area contributed by atoms with Gasteiger partial charge < -0.3 is 33.9 Å². The van der Waals surface area contributed by atoms with Crippen LogP contribution in [-0.4, -0.2) is 157 Å². The third-order valence-electron chi connectivity index (χ3n) is 13.0. The first-order chi connectivity index (χ1) is 31.7. The van der Waals surface area contributed by atoms with Gasteiger partial charge in [0.1, 0.15) is 63.2 Å². The topological polar surface area (TPSA) is 208 Å². The lowest BCUT2D eigenvalue weighted by Crippen LogP contribution is -2.69. The van der Waals surface area contributed by atoms with E-state index in [0.29, 0.717) is 72.3 Å². The molecule has 0 radical (unpaired) electrons. The summed E-state index contributed by atoms with van der Waals surface area (Å²) in [7, 11) is -2.54. The Hall–Kier alpha value is -4.60. The highest BCUT2D eigenvalue weighted by Gasteiger charge is 2.63. The third kappa shape index (κ3) is 10.1. The molecule has 3 aliphatic heterocycles. The molecule has 21 heteroatoms. The van der Waals surface area contributed by atoms with Crippen molar-refractivity contribution in [1.82, 2.24) is 34.7 Å². The van der Waals surface area contributed by atoms with Crippen molar-refractivity contribution < 1.29 is 51.3 Å². The number of sulfonamides is 1. The Balaban J connectivity index is 1.17. The molecule has 2 aromatic heterocycles. The molecule has 3 aromatic rings. The minimum absolute atomic E-state index is 0.0837. The van der Waals surface area contributed by atoms with Gasteiger partial charge in [-0.25, -0.2) is 23.2 Å². The fourth-order valence-corrected chi connectivity index (χ4v) is 11.5. The van der Waals surface area contributed by atoms with Crippen molar-refractivity contribution in [2.75, 3.05) is 53.1 Å². The molecule has 364 valence electrons. The number of thiazole rings is 1. The first-order valence-corrected chi connectivity index (χ1v) is 25.6. The molecule has 3 saturated heterocycles. The van der Waals surface area contributed by atoms with Crippen LogP contribution in [0.1, 0.15) is 78.8 Å². The van der Waals surface area contributed by atoms with Crippen molar-refractivity contribution in [3.05, 3.63) is 47.0 Å². The van der Waals surface area contributed by atoms with E-state index in [1.165, 1.54) is 34.3 Å². The van der Waals surface area contributed by atoms with Crippen molar-refractivity contribution in [1.29, 1.82) is 0 Å². The predicted octanol–water partition coefficient (Wildman–Crippen LogP) is 4.89. The van der Waals surface area contributed by atoms with E-state index >= 15 is 4.79 Å². The molecular weight excluding hydrogens is 926 g/mol. The number of nitrogens with zero attached hydrogens (tertiary/aromatic N) is 5. The van der Waals surface area contributed by atoms with Crippen LogP contribution >= 0.6 is 22.9 Å².